The Bertz CT molecular complexity index is 107. The maximum Gasteiger partial charge on any atom is -0.00745 e. The fourth-order valence-electron chi connectivity index (χ4n) is 0.999. The summed E-state index contributed by atoms with van der Waals surface area (Å²) in [4.78, 5) is 0. The van der Waals surface area contributed by atoms with E-state index in [1.165, 1.54) is 5.57 Å². The van der Waals surface area contributed by atoms with E-state index in [4.69, 9.17) is 5.73 Å². The first-order valence-corrected chi connectivity index (χ1v) is 3.95. The summed E-state index contributed by atoms with van der Waals surface area (Å²) in [5, 5.41) is 0. The van der Waals surface area contributed by atoms with Crippen molar-refractivity contribution in [2.75, 3.05) is 6.54 Å². The standard InChI is InChI=1S/C9H19N/c1-7(2)9(4)8(3)5-6-10/h8-9H,1,5-6,10H2,2-4H3. The van der Waals surface area contributed by atoms with Crippen LogP contribution in [0.4, 0.5) is 0 Å². The summed E-state index contributed by atoms with van der Waals surface area (Å²) in [6.07, 6.45) is 1.11. The molecule has 60 valence electrons. The van der Waals surface area contributed by atoms with Gasteiger partial charge in [-0.1, -0.05) is 26.0 Å². The molecule has 1 heteroatoms. The van der Waals surface area contributed by atoms with Gasteiger partial charge in [0.15, 0.2) is 0 Å². The van der Waals surface area contributed by atoms with Gasteiger partial charge in [0.2, 0.25) is 0 Å². The zero-order valence-corrected chi connectivity index (χ0v) is 7.35. The fraction of sp³-hybridized carbons (Fsp3) is 0.778. The molecule has 0 radical (unpaired) electrons. The van der Waals surface area contributed by atoms with Crippen molar-refractivity contribution in [1.82, 2.24) is 0 Å². The molecule has 0 aliphatic carbocycles. The lowest BCUT2D eigenvalue weighted by molar-refractivity contribution is 0.417. The van der Waals surface area contributed by atoms with Crippen LogP contribution >= 0.6 is 0 Å². The molecule has 2 atom stereocenters. The zero-order valence-electron chi connectivity index (χ0n) is 7.35. The van der Waals surface area contributed by atoms with Gasteiger partial charge >= 0.3 is 0 Å². The maximum atomic E-state index is 5.44. The number of nitrogens with two attached hydrogens (primary N) is 1. The van der Waals surface area contributed by atoms with Crippen LogP contribution in [0.2, 0.25) is 0 Å². The molecule has 0 saturated carbocycles. The lowest BCUT2D eigenvalue weighted by atomic mass is 9.88. The van der Waals surface area contributed by atoms with Gasteiger partial charge in [-0.25, -0.2) is 0 Å². The monoisotopic (exact) mass is 141 g/mol. The molecule has 0 amide bonds. The van der Waals surface area contributed by atoms with Gasteiger partial charge in [-0.3, -0.25) is 0 Å². The molecule has 2 unspecified atom stereocenters. The Hall–Kier alpha value is -0.300. The van der Waals surface area contributed by atoms with Gasteiger partial charge in [0.1, 0.15) is 0 Å². The van der Waals surface area contributed by atoms with Crippen LogP contribution in [0.15, 0.2) is 12.2 Å². The van der Waals surface area contributed by atoms with E-state index in [0.29, 0.717) is 11.8 Å². The molecule has 0 bridgehead atoms. The van der Waals surface area contributed by atoms with Crippen molar-refractivity contribution in [3.05, 3.63) is 12.2 Å². The molecule has 10 heavy (non-hydrogen) atoms. The normalized spacial score (nSPS) is 16.4. The fourth-order valence-corrected chi connectivity index (χ4v) is 0.999. The third-order valence-electron chi connectivity index (χ3n) is 2.25. The topological polar surface area (TPSA) is 26.0 Å². The summed E-state index contributed by atoms with van der Waals surface area (Å²) in [7, 11) is 0. The maximum absolute atomic E-state index is 5.44. The van der Waals surface area contributed by atoms with Gasteiger partial charge in [0, 0.05) is 0 Å². The van der Waals surface area contributed by atoms with Crippen molar-refractivity contribution in [2.24, 2.45) is 17.6 Å². The average molecular weight is 141 g/mol. The zero-order chi connectivity index (χ0) is 8.15. The van der Waals surface area contributed by atoms with Crippen LogP contribution in [0.1, 0.15) is 27.2 Å². The second-order valence-corrected chi connectivity index (χ2v) is 3.19. The summed E-state index contributed by atoms with van der Waals surface area (Å²) in [6.45, 7) is 11.2. The molecule has 0 aromatic rings. The van der Waals surface area contributed by atoms with Crippen molar-refractivity contribution in [2.45, 2.75) is 27.2 Å². The van der Waals surface area contributed by atoms with E-state index in [-0.39, 0.29) is 0 Å². The highest BCUT2D eigenvalue weighted by Crippen LogP contribution is 2.20. The van der Waals surface area contributed by atoms with Gasteiger partial charge in [-0.2, -0.15) is 0 Å². The third-order valence-corrected chi connectivity index (χ3v) is 2.25. The molecular weight excluding hydrogens is 122 g/mol. The first-order chi connectivity index (χ1) is 4.59. The van der Waals surface area contributed by atoms with Crippen molar-refractivity contribution in [3.8, 4) is 0 Å². The molecule has 0 fully saturated rings. The molecule has 0 aliphatic heterocycles. The van der Waals surface area contributed by atoms with Crippen LogP contribution in [0.5, 0.6) is 0 Å². The Morgan fingerprint density at radius 3 is 2.30 bits per heavy atom. The van der Waals surface area contributed by atoms with E-state index in [2.05, 4.69) is 27.4 Å². The highest BCUT2D eigenvalue weighted by Gasteiger charge is 2.10. The molecule has 0 rings (SSSR count). The van der Waals surface area contributed by atoms with Crippen LogP contribution in [-0.2, 0) is 0 Å². The van der Waals surface area contributed by atoms with Gasteiger partial charge in [0.25, 0.3) is 0 Å². The van der Waals surface area contributed by atoms with Crippen LogP contribution in [0.25, 0.3) is 0 Å². The minimum absolute atomic E-state index is 0.614. The predicted octanol–water partition coefficient (Wildman–Crippen LogP) is 2.18. The molecule has 1 nitrogen and oxygen atoms in total. The Morgan fingerprint density at radius 1 is 1.50 bits per heavy atom. The predicted molar refractivity (Wildman–Crippen MR) is 46.8 cm³/mol. The van der Waals surface area contributed by atoms with Crippen molar-refractivity contribution < 1.29 is 0 Å². The van der Waals surface area contributed by atoms with Gasteiger partial charge < -0.3 is 5.73 Å². The first kappa shape index (κ1) is 9.70. The van der Waals surface area contributed by atoms with E-state index < -0.39 is 0 Å². The molecule has 0 heterocycles. The summed E-state index contributed by atoms with van der Waals surface area (Å²) in [6, 6.07) is 0. The van der Waals surface area contributed by atoms with Crippen LogP contribution in [0, 0.1) is 11.8 Å². The van der Waals surface area contributed by atoms with E-state index in [0.717, 1.165) is 13.0 Å². The molecule has 0 spiro atoms. The third kappa shape index (κ3) is 3.02. The molecule has 0 aromatic carbocycles. The van der Waals surface area contributed by atoms with Crippen LogP contribution < -0.4 is 5.73 Å². The number of rotatable bonds is 4. The summed E-state index contributed by atoms with van der Waals surface area (Å²) < 4.78 is 0. The lowest BCUT2D eigenvalue weighted by Crippen LogP contribution is -2.13. The van der Waals surface area contributed by atoms with Gasteiger partial charge in [-0.05, 0) is 31.7 Å². The van der Waals surface area contributed by atoms with Crippen LogP contribution in [-0.4, -0.2) is 6.54 Å². The molecule has 2 N–H and O–H groups in total. The number of allylic oxidation sites excluding steroid dienone is 1. The van der Waals surface area contributed by atoms with Gasteiger partial charge in [-0.15, -0.1) is 0 Å². The van der Waals surface area contributed by atoms with E-state index in [9.17, 15) is 0 Å². The van der Waals surface area contributed by atoms with E-state index in [1.54, 1.807) is 0 Å². The van der Waals surface area contributed by atoms with Crippen molar-refractivity contribution in [1.29, 1.82) is 0 Å². The minimum Gasteiger partial charge on any atom is -0.330 e. The average Bonchev–Trinajstić information content (AvgIpc) is 1.87. The number of hydrogen-bond donors (Lipinski definition) is 1. The SMILES string of the molecule is C=C(C)C(C)C(C)CCN. The van der Waals surface area contributed by atoms with E-state index in [1.807, 2.05) is 0 Å². The Balaban J connectivity index is 3.69. The molecule has 0 saturated heterocycles. The summed E-state index contributed by atoms with van der Waals surface area (Å²) in [5.74, 6) is 1.30. The Labute approximate surface area is 64.3 Å². The largest absolute Gasteiger partial charge is 0.330 e. The smallest absolute Gasteiger partial charge is 0.00745 e. The summed E-state index contributed by atoms with van der Waals surface area (Å²) >= 11 is 0. The minimum atomic E-state index is 0.614. The molecule has 0 aliphatic rings. The highest BCUT2D eigenvalue weighted by molar-refractivity contribution is 4.95. The lowest BCUT2D eigenvalue weighted by Gasteiger charge is -2.18. The Morgan fingerprint density at radius 2 is 2.00 bits per heavy atom. The number of hydrogen-bond acceptors (Lipinski definition) is 1. The van der Waals surface area contributed by atoms with Crippen molar-refractivity contribution >= 4 is 0 Å². The van der Waals surface area contributed by atoms with Crippen molar-refractivity contribution in [3.63, 3.8) is 0 Å². The summed E-state index contributed by atoms with van der Waals surface area (Å²) in [5.41, 5.74) is 6.70. The van der Waals surface area contributed by atoms with Gasteiger partial charge in [0.05, 0.1) is 0 Å². The first-order valence-electron chi connectivity index (χ1n) is 3.95. The van der Waals surface area contributed by atoms with Crippen LogP contribution in [0.3, 0.4) is 0 Å². The van der Waals surface area contributed by atoms with E-state index >= 15 is 0 Å². The second-order valence-electron chi connectivity index (χ2n) is 3.19. The second kappa shape index (κ2) is 4.51. The molecule has 0 aromatic heterocycles. The molecular formula is C9H19N. The Kier molecular flexibility index (Phi) is 4.37. The highest BCUT2D eigenvalue weighted by atomic mass is 14.5. The quantitative estimate of drug-likeness (QED) is 0.597.